The molecule has 0 spiro atoms. The van der Waals surface area contributed by atoms with E-state index in [0.29, 0.717) is 10.0 Å². The van der Waals surface area contributed by atoms with Gasteiger partial charge in [0.05, 0.1) is 22.4 Å². The van der Waals surface area contributed by atoms with Gasteiger partial charge in [-0.15, -0.1) is 22.7 Å². The Labute approximate surface area is 162 Å². The largest absolute Gasteiger partial charge is 0.450 e. The number of aromatic nitrogens is 1. The van der Waals surface area contributed by atoms with Gasteiger partial charge in [-0.2, -0.15) is 0 Å². The van der Waals surface area contributed by atoms with Crippen LogP contribution in [0.15, 0.2) is 41.8 Å². The Kier molecular flexibility index (Phi) is 5.94. The van der Waals surface area contributed by atoms with Crippen molar-refractivity contribution in [3.05, 3.63) is 52.4 Å². The van der Waals surface area contributed by atoms with Gasteiger partial charge < -0.3 is 10.1 Å². The molecule has 3 rings (SSSR count). The van der Waals surface area contributed by atoms with Gasteiger partial charge in [0.1, 0.15) is 10.0 Å². The molecule has 2 N–H and O–H groups in total. The van der Waals surface area contributed by atoms with Crippen molar-refractivity contribution in [1.29, 1.82) is 0 Å². The standard InChI is InChI=1S/C18H15N3O4S2/c1-2-25-18(24)21-16(23)11-9-10-26-17(11)20-14(22)7-8-15-19-12-5-3-4-6-13(12)27-15/h3-10H,2H2,1H3,(H,20,22)(H,21,23,24)/b8-7+. The predicted octanol–water partition coefficient (Wildman–Crippen LogP) is 3.90. The SMILES string of the molecule is CCOC(=O)NC(=O)c1ccsc1NC(=O)/C=C/c1nc2ccccc2s1. The van der Waals surface area contributed by atoms with Crippen LogP contribution in [0.25, 0.3) is 16.3 Å². The number of alkyl carbamates (subject to hydrolysis) is 1. The minimum atomic E-state index is -0.832. The summed E-state index contributed by atoms with van der Waals surface area (Å²) in [6.45, 7) is 1.79. The van der Waals surface area contributed by atoms with E-state index in [4.69, 9.17) is 0 Å². The smallest absolute Gasteiger partial charge is 0.414 e. The average molecular weight is 401 g/mol. The Bertz CT molecular complexity index is 989. The van der Waals surface area contributed by atoms with E-state index in [1.54, 1.807) is 18.4 Å². The number of ether oxygens (including phenoxy) is 1. The molecule has 1 aromatic carbocycles. The molecule has 3 aromatic rings. The third-order valence-electron chi connectivity index (χ3n) is 3.33. The molecule has 0 radical (unpaired) electrons. The number of amides is 3. The molecule has 7 nitrogen and oxygen atoms in total. The topological polar surface area (TPSA) is 97.4 Å². The molecule has 9 heteroatoms. The van der Waals surface area contributed by atoms with E-state index in [1.807, 2.05) is 24.3 Å². The number of rotatable bonds is 5. The molecule has 0 aliphatic carbocycles. The van der Waals surface area contributed by atoms with Crippen LogP contribution in [0.3, 0.4) is 0 Å². The van der Waals surface area contributed by atoms with Crippen LogP contribution in [0.4, 0.5) is 9.80 Å². The molecule has 138 valence electrons. The van der Waals surface area contributed by atoms with E-state index in [1.165, 1.54) is 34.8 Å². The third-order valence-corrected chi connectivity index (χ3v) is 5.16. The third kappa shape index (κ3) is 4.78. The van der Waals surface area contributed by atoms with E-state index < -0.39 is 17.9 Å². The van der Waals surface area contributed by atoms with Crippen LogP contribution in [0, 0.1) is 0 Å². The minimum Gasteiger partial charge on any atom is -0.450 e. The van der Waals surface area contributed by atoms with E-state index in [2.05, 4.69) is 20.4 Å². The number of hydrogen-bond donors (Lipinski definition) is 2. The first-order valence-electron chi connectivity index (χ1n) is 7.97. The van der Waals surface area contributed by atoms with Crippen molar-refractivity contribution < 1.29 is 19.1 Å². The summed E-state index contributed by atoms with van der Waals surface area (Å²) in [7, 11) is 0. The van der Waals surface area contributed by atoms with Crippen LogP contribution in [0.5, 0.6) is 0 Å². The summed E-state index contributed by atoms with van der Waals surface area (Å²) in [4.78, 5) is 40.0. The lowest BCUT2D eigenvalue weighted by Crippen LogP contribution is -2.31. The minimum absolute atomic E-state index is 0.156. The molecular weight excluding hydrogens is 386 g/mol. The van der Waals surface area contributed by atoms with E-state index in [9.17, 15) is 14.4 Å². The highest BCUT2D eigenvalue weighted by molar-refractivity contribution is 7.19. The van der Waals surface area contributed by atoms with Crippen molar-refractivity contribution in [2.45, 2.75) is 6.92 Å². The molecular formula is C18H15N3O4S2. The number of fused-ring (bicyclic) bond motifs is 1. The summed E-state index contributed by atoms with van der Waals surface area (Å²) in [6, 6.07) is 9.22. The summed E-state index contributed by atoms with van der Waals surface area (Å²) in [5.41, 5.74) is 1.06. The van der Waals surface area contributed by atoms with E-state index >= 15 is 0 Å². The lowest BCUT2D eigenvalue weighted by molar-refractivity contribution is -0.111. The molecule has 0 saturated heterocycles. The summed E-state index contributed by atoms with van der Waals surface area (Å²) in [5.74, 6) is -1.04. The van der Waals surface area contributed by atoms with Crippen molar-refractivity contribution >= 4 is 61.9 Å². The van der Waals surface area contributed by atoms with Crippen LogP contribution in [-0.2, 0) is 9.53 Å². The number of thiophene rings is 1. The number of para-hydroxylation sites is 1. The fourth-order valence-corrected chi connectivity index (χ4v) is 3.83. The maximum atomic E-state index is 12.2. The van der Waals surface area contributed by atoms with Crippen molar-refractivity contribution in [2.24, 2.45) is 0 Å². The maximum Gasteiger partial charge on any atom is 0.414 e. The van der Waals surface area contributed by atoms with E-state index in [-0.39, 0.29) is 12.2 Å². The highest BCUT2D eigenvalue weighted by Crippen LogP contribution is 2.24. The highest BCUT2D eigenvalue weighted by atomic mass is 32.1. The van der Waals surface area contributed by atoms with Crippen LogP contribution in [-0.4, -0.2) is 29.5 Å². The van der Waals surface area contributed by atoms with Gasteiger partial charge in [-0.25, -0.2) is 9.78 Å². The number of nitrogens with zero attached hydrogens (tertiary/aromatic N) is 1. The number of nitrogens with one attached hydrogen (secondary N) is 2. The van der Waals surface area contributed by atoms with Crippen LogP contribution < -0.4 is 10.6 Å². The van der Waals surface area contributed by atoms with Crippen molar-refractivity contribution in [3.63, 3.8) is 0 Å². The molecule has 2 aromatic heterocycles. The van der Waals surface area contributed by atoms with Gasteiger partial charge in [0.25, 0.3) is 5.91 Å². The molecule has 2 heterocycles. The summed E-state index contributed by atoms with van der Waals surface area (Å²) >= 11 is 2.66. The van der Waals surface area contributed by atoms with Crippen LogP contribution >= 0.6 is 22.7 Å². The number of thiazole rings is 1. The molecule has 0 unspecified atom stereocenters. The molecule has 0 bridgehead atoms. The van der Waals surface area contributed by atoms with Gasteiger partial charge >= 0.3 is 6.09 Å². The number of hydrogen-bond acceptors (Lipinski definition) is 7. The fraction of sp³-hybridized carbons (Fsp3) is 0.111. The lowest BCUT2D eigenvalue weighted by Gasteiger charge is -2.05. The Balaban J connectivity index is 1.65. The van der Waals surface area contributed by atoms with Crippen molar-refractivity contribution in [3.8, 4) is 0 Å². The van der Waals surface area contributed by atoms with Gasteiger partial charge in [-0.1, -0.05) is 12.1 Å². The van der Waals surface area contributed by atoms with Crippen LogP contribution in [0.1, 0.15) is 22.3 Å². The molecule has 0 aliphatic heterocycles. The van der Waals surface area contributed by atoms with Gasteiger partial charge in [0, 0.05) is 6.08 Å². The van der Waals surface area contributed by atoms with Gasteiger partial charge in [0.15, 0.2) is 0 Å². The normalized spacial score (nSPS) is 10.9. The predicted molar refractivity (Wildman–Crippen MR) is 106 cm³/mol. The monoisotopic (exact) mass is 401 g/mol. The zero-order valence-electron chi connectivity index (χ0n) is 14.2. The first kappa shape index (κ1) is 18.7. The Morgan fingerprint density at radius 3 is 2.81 bits per heavy atom. The summed E-state index contributed by atoms with van der Waals surface area (Å²) in [5, 5.41) is 7.43. The first-order valence-corrected chi connectivity index (χ1v) is 9.66. The highest BCUT2D eigenvalue weighted by Gasteiger charge is 2.17. The molecule has 27 heavy (non-hydrogen) atoms. The first-order chi connectivity index (χ1) is 13.1. The quantitative estimate of drug-likeness (QED) is 0.632. The molecule has 0 saturated carbocycles. The summed E-state index contributed by atoms with van der Waals surface area (Å²) < 4.78 is 5.71. The van der Waals surface area contributed by atoms with E-state index in [0.717, 1.165) is 10.2 Å². The number of carbonyl (C=O) groups is 3. The van der Waals surface area contributed by atoms with Crippen molar-refractivity contribution in [1.82, 2.24) is 10.3 Å². The second-order valence-electron chi connectivity index (χ2n) is 5.18. The second kappa shape index (κ2) is 8.56. The number of anilines is 1. The zero-order chi connectivity index (χ0) is 19.2. The Hall–Kier alpha value is -3.04. The maximum absolute atomic E-state index is 12.2. The number of imide groups is 1. The zero-order valence-corrected chi connectivity index (χ0v) is 15.9. The Morgan fingerprint density at radius 2 is 2.04 bits per heavy atom. The lowest BCUT2D eigenvalue weighted by atomic mass is 10.3. The molecule has 0 atom stereocenters. The number of carbonyl (C=O) groups excluding carboxylic acids is 3. The molecule has 0 aliphatic rings. The molecule has 0 fully saturated rings. The van der Waals surface area contributed by atoms with Crippen molar-refractivity contribution in [2.75, 3.05) is 11.9 Å². The fourth-order valence-electron chi connectivity index (χ4n) is 2.17. The van der Waals surface area contributed by atoms with Gasteiger partial charge in [-0.05, 0) is 36.6 Å². The van der Waals surface area contributed by atoms with Crippen LogP contribution in [0.2, 0.25) is 0 Å². The average Bonchev–Trinajstić information content (AvgIpc) is 3.26. The van der Waals surface area contributed by atoms with Gasteiger partial charge in [0.2, 0.25) is 5.91 Å². The summed E-state index contributed by atoms with van der Waals surface area (Å²) in [6.07, 6.45) is 2.14. The Morgan fingerprint density at radius 1 is 1.22 bits per heavy atom. The number of benzene rings is 1. The van der Waals surface area contributed by atoms with Gasteiger partial charge in [-0.3, -0.25) is 14.9 Å². The second-order valence-corrected chi connectivity index (χ2v) is 7.16. The molecule has 3 amide bonds.